The summed E-state index contributed by atoms with van der Waals surface area (Å²) in [6.07, 6.45) is 4.46. The zero-order chi connectivity index (χ0) is 17.4. The highest BCUT2D eigenvalue weighted by molar-refractivity contribution is 5.79. The van der Waals surface area contributed by atoms with Gasteiger partial charge >= 0.3 is 0 Å². The number of pyridine rings is 1. The van der Waals surface area contributed by atoms with E-state index in [0.29, 0.717) is 0 Å². The number of hydrogen-bond donors (Lipinski definition) is 0. The lowest BCUT2D eigenvalue weighted by atomic mass is 10.1. The molecule has 4 rings (SSSR count). The van der Waals surface area contributed by atoms with Gasteiger partial charge in [-0.15, -0.1) is 0 Å². The Morgan fingerprint density at radius 1 is 1.00 bits per heavy atom. The van der Waals surface area contributed by atoms with E-state index in [1.165, 1.54) is 10.9 Å². The maximum atomic E-state index is 4.81. The van der Waals surface area contributed by atoms with E-state index < -0.39 is 0 Å². The van der Waals surface area contributed by atoms with Crippen LogP contribution in [0.25, 0.3) is 16.6 Å². The maximum Gasteiger partial charge on any atom is 0.177 e. The third kappa shape index (κ3) is 2.97. The molecule has 0 fully saturated rings. The van der Waals surface area contributed by atoms with Crippen LogP contribution in [0.3, 0.4) is 0 Å². The Morgan fingerprint density at radius 3 is 2.64 bits per heavy atom. The molecular formula is C20H21N5. The van der Waals surface area contributed by atoms with Crippen molar-refractivity contribution in [2.24, 2.45) is 0 Å². The summed E-state index contributed by atoms with van der Waals surface area (Å²) in [4.78, 5) is 13.8. The normalized spacial score (nSPS) is 11.5. The van der Waals surface area contributed by atoms with E-state index in [-0.39, 0.29) is 0 Å². The van der Waals surface area contributed by atoms with Crippen molar-refractivity contribution in [2.45, 2.75) is 40.0 Å². The Balaban J connectivity index is 1.59. The van der Waals surface area contributed by atoms with E-state index >= 15 is 0 Å². The van der Waals surface area contributed by atoms with Gasteiger partial charge in [0.2, 0.25) is 0 Å². The lowest BCUT2D eigenvalue weighted by Gasteiger charge is -2.04. The Morgan fingerprint density at radius 2 is 1.84 bits per heavy atom. The number of nitrogens with zero attached hydrogens (tertiary/aromatic N) is 5. The van der Waals surface area contributed by atoms with Crippen molar-refractivity contribution in [3.63, 3.8) is 0 Å². The van der Waals surface area contributed by atoms with Crippen molar-refractivity contribution in [1.82, 2.24) is 24.6 Å². The highest BCUT2D eigenvalue weighted by Crippen LogP contribution is 2.16. The van der Waals surface area contributed by atoms with Gasteiger partial charge in [0, 0.05) is 23.7 Å². The number of hydrogen-bond acceptors (Lipinski definition) is 4. The summed E-state index contributed by atoms with van der Waals surface area (Å²) in [5, 5.41) is 5.80. The first-order chi connectivity index (χ1) is 12.1. The fourth-order valence-electron chi connectivity index (χ4n) is 3.05. The van der Waals surface area contributed by atoms with Crippen LogP contribution >= 0.6 is 0 Å². The molecule has 0 saturated carbocycles. The fourth-order valence-corrected chi connectivity index (χ4v) is 3.05. The number of rotatable bonds is 4. The van der Waals surface area contributed by atoms with Crippen LogP contribution in [0.4, 0.5) is 0 Å². The van der Waals surface area contributed by atoms with Crippen molar-refractivity contribution < 1.29 is 0 Å². The first-order valence-corrected chi connectivity index (χ1v) is 8.70. The Bertz CT molecular complexity index is 1030. The lowest BCUT2D eigenvalue weighted by Crippen LogP contribution is -1.99. The molecule has 0 N–H and O–H groups in total. The van der Waals surface area contributed by atoms with Crippen LogP contribution in [0, 0.1) is 13.8 Å². The molecule has 0 aliphatic carbocycles. The molecule has 3 heterocycles. The number of aryl methyl sites for hydroxylation is 5. The highest BCUT2D eigenvalue weighted by Gasteiger charge is 2.09. The number of fused-ring (bicyclic) bond motifs is 2. The molecule has 4 aromatic rings. The van der Waals surface area contributed by atoms with Crippen LogP contribution in [0.15, 0.2) is 36.5 Å². The maximum absolute atomic E-state index is 4.81. The summed E-state index contributed by atoms with van der Waals surface area (Å²) in [7, 11) is 0. The Labute approximate surface area is 146 Å². The van der Waals surface area contributed by atoms with E-state index in [1.54, 1.807) is 0 Å². The summed E-state index contributed by atoms with van der Waals surface area (Å²) >= 11 is 0. The zero-order valence-corrected chi connectivity index (χ0v) is 14.8. The van der Waals surface area contributed by atoms with Gasteiger partial charge in [0.1, 0.15) is 0 Å². The summed E-state index contributed by atoms with van der Waals surface area (Å²) in [5.41, 5.74) is 6.20. The average molecular weight is 331 g/mol. The minimum Gasteiger partial charge on any atom is -0.256 e. The first kappa shape index (κ1) is 15.7. The molecule has 0 bridgehead atoms. The van der Waals surface area contributed by atoms with Crippen molar-refractivity contribution in [2.75, 3.05) is 0 Å². The van der Waals surface area contributed by atoms with Crippen LogP contribution in [0.2, 0.25) is 0 Å². The zero-order valence-electron chi connectivity index (χ0n) is 14.8. The summed E-state index contributed by atoms with van der Waals surface area (Å²) in [6.45, 7) is 6.12. The fraction of sp³-hybridized carbons (Fsp3) is 0.300. The predicted octanol–water partition coefficient (Wildman–Crippen LogP) is 3.64. The van der Waals surface area contributed by atoms with Gasteiger partial charge < -0.3 is 0 Å². The van der Waals surface area contributed by atoms with E-state index in [2.05, 4.69) is 52.3 Å². The molecule has 0 radical (unpaired) electrons. The van der Waals surface area contributed by atoms with Gasteiger partial charge in [0.25, 0.3) is 0 Å². The SMILES string of the molecule is CCc1ccc2ccc(CCc3nc4c(C)ncc(C)n4n3)nc2c1. The predicted molar refractivity (Wildman–Crippen MR) is 98.8 cm³/mol. The second-order valence-corrected chi connectivity index (χ2v) is 6.43. The average Bonchev–Trinajstić information content (AvgIpc) is 3.08. The van der Waals surface area contributed by atoms with Gasteiger partial charge in [-0.25, -0.2) is 9.50 Å². The lowest BCUT2D eigenvalue weighted by molar-refractivity contribution is 0.808. The first-order valence-electron chi connectivity index (χ1n) is 8.70. The summed E-state index contributed by atoms with van der Waals surface area (Å²) < 4.78 is 1.87. The second-order valence-electron chi connectivity index (χ2n) is 6.43. The van der Waals surface area contributed by atoms with Crippen LogP contribution in [-0.4, -0.2) is 24.6 Å². The number of benzene rings is 1. The quantitative estimate of drug-likeness (QED) is 0.573. The molecule has 0 saturated heterocycles. The molecule has 126 valence electrons. The molecule has 5 heteroatoms. The molecule has 3 aromatic heterocycles. The van der Waals surface area contributed by atoms with Crippen LogP contribution in [0.1, 0.15) is 35.4 Å². The molecule has 0 spiro atoms. The Kier molecular flexibility index (Phi) is 3.92. The third-order valence-corrected chi connectivity index (χ3v) is 4.58. The van der Waals surface area contributed by atoms with Gasteiger partial charge in [-0.2, -0.15) is 5.10 Å². The minimum atomic E-state index is 0.770. The van der Waals surface area contributed by atoms with Gasteiger partial charge in [0.05, 0.1) is 16.9 Å². The summed E-state index contributed by atoms with van der Waals surface area (Å²) in [6, 6.07) is 10.7. The molecule has 25 heavy (non-hydrogen) atoms. The minimum absolute atomic E-state index is 0.770. The van der Waals surface area contributed by atoms with Gasteiger partial charge in [-0.1, -0.05) is 25.1 Å². The monoisotopic (exact) mass is 331 g/mol. The topological polar surface area (TPSA) is 56.0 Å². The molecular weight excluding hydrogens is 310 g/mol. The van der Waals surface area contributed by atoms with Crippen molar-refractivity contribution in [3.05, 3.63) is 65.0 Å². The van der Waals surface area contributed by atoms with E-state index in [9.17, 15) is 0 Å². The largest absolute Gasteiger partial charge is 0.256 e. The van der Waals surface area contributed by atoms with Crippen LogP contribution < -0.4 is 0 Å². The molecule has 5 nitrogen and oxygen atoms in total. The van der Waals surface area contributed by atoms with Crippen molar-refractivity contribution in [3.8, 4) is 0 Å². The van der Waals surface area contributed by atoms with Gasteiger partial charge in [-0.3, -0.25) is 9.97 Å². The molecule has 0 aliphatic rings. The third-order valence-electron chi connectivity index (χ3n) is 4.58. The second kappa shape index (κ2) is 6.24. The molecule has 0 amide bonds. The highest BCUT2D eigenvalue weighted by atomic mass is 15.3. The van der Waals surface area contributed by atoms with Gasteiger partial charge in [0.15, 0.2) is 11.5 Å². The van der Waals surface area contributed by atoms with E-state index in [4.69, 9.17) is 4.98 Å². The van der Waals surface area contributed by atoms with Crippen LogP contribution in [-0.2, 0) is 19.3 Å². The summed E-state index contributed by atoms with van der Waals surface area (Å²) in [5.74, 6) is 0.836. The molecule has 0 unspecified atom stereocenters. The van der Waals surface area contributed by atoms with Crippen molar-refractivity contribution in [1.29, 1.82) is 0 Å². The Hall–Kier alpha value is -2.82. The van der Waals surface area contributed by atoms with Gasteiger partial charge in [-0.05, 0) is 44.4 Å². The molecule has 1 aromatic carbocycles. The molecule has 0 atom stereocenters. The smallest absolute Gasteiger partial charge is 0.177 e. The van der Waals surface area contributed by atoms with Crippen LogP contribution in [0.5, 0.6) is 0 Å². The van der Waals surface area contributed by atoms with E-state index in [0.717, 1.165) is 53.3 Å². The number of aromatic nitrogens is 5. The van der Waals surface area contributed by atoms with E-state index in [1.807, 2.05) is 24.6 Å². The van der Waals surface area contributed by atoms with Crippen molar-refractivity contribution >= 4 is 16.6 Å². The molecule has 0 aliphatic heterocycles. The standard InChI is InChI=1S/C20H21N5/c1-4-15-5-6-16-7-8-17(22-18(16)11-15)9-10-19-23-20-14(3)21-12-13(2)25(20)24-19/h5-8,11-12H,4,9-10H2,1-3H3.